The fourth-order valence-electron chi connectivity index (χ4n) is 1.99. The maximum atomic E-state index is 3.59. The minimum absolute atomic E-state index is 0.258. The largest absolute Gasteiger partial charge is 0.305 e. The minimum Gasteiger partial charge on any atom is -0.305 e. The Morgan fingerprint density at radius 1 is 1.05 bits per heavy atom. The van der Waals surface area contributed by atoms with Crippen LogP contribution in [0.2, 0.25) is 0 Å². The zero-order chi connectivity index (χ0) is 13.9. The van der Waals surface area contributed by atoms with Crippen LogP contribution in [0, 0.1) is 0 Å². The Bertz CT molecular complexity index is 508. The van der Waals surface area contributed by atoms with Crippen molar-refractivity contribution in [2.45, 2.75) is 45.7 Å². The molecular weight excluding hydrogens is 250 g/mol. The van der Waals surface area contributed by atoms with E-state index in [2.05, 4.69) is 75.5 Å². The van der Waals surface area contributed by atoms with Crippen LogP contribution in [0.1, 0.15) is 49.1 Å². The van der Waals surface area contributed by atoms with Gasteiger partial charge in [0.25, 0.3) is 0 Å². The van der Waals surface area contributed by atoms with Gasteiger partial charge in [-0.15, -0.1) is 11.3 Å². The number of hydrogen-bond donors (Lipinski definition) is 1. The van der Waals surface area contributed by atoms with Gasteiger partial charge in [0.15, 0.2) is 0 Å². The molecule has 1 aromatic heterocycles. The third kappa shape index (κ3) is 3.92. The summed E-state index contributed by atoms with van der Waals surface area (Å²) in [5.74, 6) is 0. The SMILES string of the molecule is CC(NCc1ccc(C(C)(C)C)s1)c1ccccc1. The van der Waals surface area contributed by atoms with Crippen LogP contribution >= 0.6 is 11.3 Å². The lowest BCUT2D eigenvalue weighted by molar-refractivity contribution is 0.579. The van der Waals surface area contributed by atoms with Gasteiger partial charge in [0.2, 0.25) is 0 Å². The molecule has 2 rings (SSSR count). The number of rotatable bonds is 4. The van der Waals surface area contributed by atoms with Crippen LogP contribution in [-0.2, 0) is 12.0 Å². The number of thiophene rings is 1. The predicted molar refractivity (Wildman–Crippen MR) is 84.7 cm³/mol. The Balaban J connectivity index is 1.94. The van der Waals surface area contributed by atoms with Gasteiger partial charge in [-0.25, -0.2) is 0 Å². The molecule has 0 aliphatic carbocycles. The molecule has 1 heterocycles. The van der Waals surface area contributed by atoms with Crippen LogP contribution in [-0.4, -0.2) is 0 Å². The van der Waals surface area contributed by atoms with E-state index >= 15 is 0 Å². The van der Waals surface area contributed by atoms with Gasteiger partial charge >= 0.3 is 0 Å². The summed E-state index contributed by atoms with van der Waals surface area (Å²) in [6, 6.07) is 15.5. The lowest BCUT2D eigenvalue weighted by Gasteiger charge is -2.16. The number of benzene rings is 1. The van der Waals surface area contributed by atoms with E-state index in [9.17, 15) is 0 Å². The highest BCUT2D eigenvalue weighted by molar-refractivity contribution is 7.12. The van der Waals surface area contributed by atoms with E-state index in [0.717, 1.165) is 6.54 Å². The summed E-state index contributed by atoms with van der Waals surface area (Å²) in [5.41, 5.74) is 1.60. The van der Waals surface area contributed by atoms with Crippen LogP contribution in [0.5, 0.6) is 0 Å². The van der Waals surface area contributed by atoms with Crippen molar-refractivity contribution < 1.29 is 0 Å². The van der Waals surface area contributed by atoms with Crippen LogP contribution in [0.15, 0.2) is 42.5 Å². The van der Waals surface area contributed by atoms with Crippen molar-refractivity contribution in [1.82, 2.24) is 5.32 Å². The summed E-state index contributed by atoms with van der Waals surface area (Å²) in [6.45, 7) is 9.96. The maximum absolute atomic E-state index is 3.59. The summed E-state index contributed by atoms with van der Waals surface area (Å²) < 4.78 is 0. The van der Waals surface area contributed by atoms with E-state index < -0.39 is 0 Å². The fraction of sp³-hybridized carbons (Fsp3) is 0.412. The molecule has 0 radical (unpaired) electrons. The molecule has 0 spiro atoms. The van der Waals surface area contributed by atoms with E-state index in [1.165, 1.54) is 15.3 Å². The summed E-state index contributed by atoms with van der Waals surface area (Å²) >= 11 is 1.91. The van der Waals surface area contributed by atoms with Gasteiger partial charge in [-0.1, -0.05) is 51.1 Å². The molecule has 0 saturated carbocycles. The average Bonchev–Trinajstić information content (AvgIpc) is 2.86. The summed E-state index contributed by atoms with van der Waals surface area (Å²) in [4.78, 5) is 2.87. The Morgan fingerprint density at radius 3 is 2.32 bits per heavy atom. The Morgan fingerprint density at radius 2 is 1.74 bits per heavy atom. The van der Waals surface area contributed by atoms with Gasteiger partial charge in [-0.2, -0.15) is 0 Å². The molecule has 1 aromatic carbocycles. The molecule has 1 N–H and O–H groups in total. The smallest absolute Gasteiger partial charge is 0.0305 e. The average molecular weight is 273 g/mol. The predicted octanol–water partition coefficient (Wildman–Crippen LogP) is 4.90. The maximum Gasteiger partial charge on any atom is 0.0305 e. The quantitative estimate of drug-likeness (QED) is 0.835. The number of nitrogens with one attached hydrogen (secondary N) is 1. The summed E-state index contributed by atoms with van der Waals surface area (Å²) in [6.07, 6.45) is 0. The summed E-state index contributed by atoms with van der Waals surface area (Å²) in [7, 11) is 0. The van der Waals surface area contributed by atoms with Crippen molar-refractivity contribution in [3.63, 3.8) is 0 Å². The third-order valence-corrected chi connectivity index (χ3v) is 4.79. The molecule has 0 aliphatic rings. The lowest BCUT2D eigenvalue weighted by Crippen LogP contribution is -2.17. The van der Waals surface area contributed by atoms with Crippen molar-refractivity contribution in [3.05, 3.63) is 57.8 Å². The Labute approximate surface area is 120 Å². The molecule has 1 nitrogen and oxygen atoms in total. The highest BCUT2D eigenvalue weighted by Crippen LogP contribution is 2.29. The van der Waals surface area contributed by atoms with Crippen molar-refractivity contribution in [2.24, 2.45) is 0 Å². The van der Waals surface area contributed by atoms with Crippen LogP contribution in [0.4, 0.5) is 0 Å². The first kappa shape index (κ1) is 14.3. The van der Waals surface area contributed by atoms with Gasteiger partial charge < -0.3 is 5.32 Å². The topological polar surface area (TPSA) is 12.0 Å². The van der Waals surface area contributed by atoms with Gasteiger partial charge in [0, 0.05) is 22.3 Å². The standard InChI is InChI=1S/C17H23NS/c1-13(14-8-6-5-7-9-14)18-12-15-10-11-16(19-15)17(2,3)4/h5-11,13,18H,12H2,1-4H3. The first-order chi connectivity index (χ1) is 8.97. The summed E-state index contributed by atoms with van der Waals surface area (Å²) in [5, 5.41) is 3.59. The monoisotopic (exact) mass is 273 g/mol. The molecule has 1 unspecified atom stereocenters. The van der Waals surface area contributed by atoms with Crippen LogP contribution < -0.4 is 5.32 Å². The van der Waals surface area contributed by atoms with Crippen molar-refractivity contribution in [1.29, 1.82) is 0 Å². The third-order valence-electron chi connectivity index (χ3n) is 3.28. The van der Waals surface area contributed by atoms with E-state index in [1.807, 2.05) is 11.3 Å². The molecule has 0 fully saturated rings. The van der Waals surface area contributed by atoms with E-state index in [-0.39, 0.29) is 5.41 Å². The molecule has 102 valence electrons. The second-order valence-electron chi connectivity index (χ2n) is 6.03. The van der Waals surface area contributed by atoms with Crippen molar-refractivity contribution in [3.8, 4) is 0 Å². The second-order valence-corrected chi connectivity index (χ2v) is 7.20. The van der Waals surface area contributed by atoms with Gasteiger partial charge in [-0.05, 0) is 30.0 Å². The zero-order valence-corrected chi connectivity index (χ0v) is 13.1. The molecule has 0 aliphatic heterocycles. The van der Waals surface area contributed by atoms with E-state index in [1.54, 1.807) is 0 Å². The van der Waals surface area contributed by atoms with E-state index in [0.29, 0.717) is 6.04 Å². The van der Waals surface area contributed by atoms with Gasteiger partial charge in [-0.3, -0.25) is 0 Å². The molecule has 0 bridgehead atoms. The normalized spacial score (nSPS) is 13.5. The fourth-order valence-corrected chi connectivity index (χ4v) is 3.01. The van der Waals surface area contributed by atoms with Crippen molar-refractivity contribution >= 4 is 11.3 Å². The van der Waals surface area contributed by atoms with Crippen molar-refractivity contribution in [2.75, 3.05) is 0 Å². The first-order valence-electron chi connectivity index (χ1n) is 6.84. The molecular formula is C17H23NS. The Hall–Kier alpha value is -1.12. The Kier molecular flexibility index (Phi) is 4.43. The molecule has 19 heavy (non-hydrogen) atoms. The molecule has 0 saturated heterocycles. The second kappa shape index (κ2) is 5.89. The molecule has 1 atom stereocenters. The highest BCUT2D eigenvalue weighted by Gasteiger charge is 2.16. The van der Waals surface area contributed by atoms with E-state index in [4.69, 9.17) is 0 Å². The van der Waals surface area contributed by atoms with Gasteiger partial charge in [0.05, 0.1) is 0 Å². The molecule has 2 heteroatoms. The lowest BCUT2D eigenvalue weighted by atomic mass is 9.95. The molecule has 0 amide bonds. The first-order valence-corrected chi connectivity index (χ1v) is 7.66. The van der Waals surface area contributed by atoms with Crippen LogP contribution in [0.3, 0.4) is 0 Å². The van der Waals surface area contributed by atoms with Gasteiger partial charge in [0.1, 0.15) is 0 Å². The zero-order valence-electron chi connectivity index (χ0n) is 12.2. The highest BCUT2D eigenvalue weighted by atomic mass is 32.1. The number of hydrogen-bond acceptors (Lipinski definition) is 2. The van der Waals surface area contributed by atoms with Crippen LogP contribution in [0.25, 0.3) is 0 Å². The minimum atomic E-state index is 0.258. The molecule has 2 aromatic rings.